The smallest absolute Gasteiger partial charge is 0.168 e. The molecule has 160 valence electrons. The molecule has 0 amide bonds. The van der Waals surface area contributed by atoms with Gasteiger partial charge in [-0.25, -0.2) is 4.68 Å². The van der Waals surface area contributed by atoms with Crippen molar-refractivity contribution in [2.45, 2.75) is 46.7 Å². The van der Waals surface area contributed by atoms with E-state index >= 15 is 0 Å². The standard InChI is InChI=1S/C23H32N6S/c1-17(2)14-22(23-24-25-26-29(23)16-20-6-5-13-30-20)28-11-9-27(10-12-28)21-15-18(3)7-8-19(21)4/h5-8,13,15,17,22H,9-12,14,16H2,1-4H3. The fourth-order valence-corrected chi connectivity index (χ4v) is 5.00. The molecule has 1 unspecified atom stereocenters. The van der Waals surface area contributed by atoms with E-state index < -0.39 is 0 Å². The van der Waals surface area contributed by atoms with Crippen LogP contribution >= 0.6 is 11.3 Å². The van der Waals surface area contributed by atoms with Crippen molar-refractivity contribution < 1.29 is 0 Å². The third-order valence-electron chi connectivity index (χ3n) is 5.90. The molecule has 0 radical (unpaired) electrons. The number of piperazine rings is 1. The van der Waals surface area contributed by atoms with Gasteiger partial charge in [0.1, 0.15) is 0 Å². The van der Waals surface area contributed by atoms with E-state index in [4.69, 9.17) is 0 Å². The molecule has 1 aromatic carbocycles. The third-order valence-corrected chi connectivity index (χ3v) is 6.76. The molecule has 0 N–H and O–H groups in total. The van der Waals surface area contributed by atoms with Crippen LogP contribution in [0.5, 0.6) is 0 Å². The van der Waals surface area contributed by atoms with Gasteiger partial charge < -0.3 is 4.90 Å². The summed E-state index contributed by atoms with van der Waals surface area (Å²) in [6.07, 6.45) is 1.06. The zero-order valence-electron chi connectivity index (χ0n) is 18.5. The average Bonchev–Trinajstić information content (AvgIpc) is 3.41. The summed E-state index contributed by atoms with van der Waals surface area (Å²) in [5.74, 6) is 1.58. The minimum Gasteiger partial charge on any atom is -0.369 e. The zero-order valence-corrected chi connectivity index (χ0v) is 19.3. The quantitative estimate of drug-likeness (QED) is 0.566. The molecule has 1 fully saturated rings. The molecule has 0 aliphatic carbocycles. The Labute approximate surface area is 183 Å². The summed E-state index contributed by atoms with van der Waals surface area (Å²) >= 11 is 1.75. The molecule has 30 heavy (non-hydrogen) atoms. The lowest BCUT2D eigenvalue weighted by Crippen LogP contribution is -2.48. The maximum atomic E-state index is 4.48. The number of aromatic nitrogens is 4. The first kappa shape index (κ1) is 21.0. The molecule has 0 spiro atoms. The summed E-state index contributed by atoms with van der Waals surface area (Å²) in [7, 11) is 0. The van der Waals surface area contributed by atoms with E-state index in [0.29, 0.717) is 5.92 Å². The Hall–Kier alpha value is -2.25. The van der Waals surface area contributed by atoms with Crippen molar-refractivity contribution >= 4 is 17.0 Å². The highest BCUT2D eigenvalue weighted by molar-refractivity contribution is 7.09. The lowest BCUT2D eigenvalue weighted by molar-refractivity contribution is 0.153. The number of hydrogen-bond acceptors (Lipinski definition) is 6. The Kier molecular flexibility index (Phi) is 6.49. The molecule has 2 aromatic heterocycles. The average molecular weight is 425 g/mol. The topological polar surface area (TPSA) is 50.1 Å². The summed E-state index contributed by atoms with van der Waals surface area (Å²) in [6.45, 7) is 13.8. The summed E-state index contributed by atoms with van der Waals surface area (Å²) in [5.41, 5.74) is 4.05. The lowest BCUT2D eigenvalue weighted by Gasteiger charge is -2.40. The molecule has 3 heterocycles. The van der Waals surface area contributed by atoms with E-state index in [-0.39, 0.29) is 6.04 Å². The fraction of sp³-hybridized carbons (Fsp3) is 0.522. The second kappa shape index (κ2) is 9.27. The number of thiophene rings is 1. The van der Waals surface area contributed by atoms with E-state index in [0.717, 1.165) is 45.0 Å². The Morgan fingerprint density at radius 1 is 1.07 bits per heavy atom. The minimum atomic E-state index is 0.251. The molecule has 0 bridgehead atoms. The Morgan fingerprint density at radius 2 is 1.87 bits per heavy atom. The van der Waals surface area contributed by atoms with Crippen molar-refractivity contribution in [3.8, 4) is 0 Å². The van der Waals surface area contributed by atoms with Gasteiger partial charge in [0.15, 0.2) is 5.82 Å². The molecule has 1 aliphatic rings. The number of aryl methyl sites for hydroxylation is 2. The second-order valence-corrected chi connectivity index (χ2v) is 9.76. The second-order valence-electron chi connectivity index (χ2n) is 8.73. The first-order valence-electron chi connectivity index (χ1n) is 10.9. The molecule has 1 aliphatic heterocycles. The van der Waals surface area contributed by atoms with Crippen LogP contribution in [0, 0.1) is 19.8 Å². The van der Waals surface area contributed by atoms with Gasteiger partial charge in [-0.2, -0.15) is 0 Å². The van der Waals surface area contributed by atoms with E-state index in [9.17, 15) is 0 Å². The van der Waals surface area contributed by atoms with E-state index in [2.05, 4.69) is 88.7 Å². The van der Waals surface area contributed by atoms with Crippen molar-refractivity contribution in [3.05, 3.63) is 57.5 Å². The summed E-state index contributed by atoms with van der Waals surface area (Å²) in [6, 6.07) is 11.2. The highest BCUT2D eigenvalue weighted by Crippen LogP contribution is 2.30. The van der Waals surface area contributed by atoms with Crippen LogP contribution in [0.1, 0.15) is 48.1 Å². The zero-order chi connectivity index (χ0) is 21.1. The van der Waals surface area contributed by atoms with Crippen molar-refractivity contribution in [2.75, 3.05) is 31.1 Å². The van der Waals surface area contributed by atoms with Crippen LogP contribution in [0.4, 0.5) is 5.69 Å². The molecular weight excluding hydrogens is 392 g/mol. The maximum absolute atomic E-state index is 4.48. The van der Waals surface area contributed by atoms with Gasteiger partial charge in [0.05, 0.1) is 12.6 Å². The number of nitrogens with zero attached hydrogens (tertiary/aromatic N) is 6. The van der Waals surface area contributed by atoms with Crippen LogP contribution in [-0.4, -0.2) is 51.3 Å². The van der Waals surface area contributed by atoms with Gasteiger partial charge >= 0.3 is 0 Å². The van der Waals surface area contributed by atoms with Crippen molar-refractivity contribution in [2.24, 2.45) is 5.92 Å². The lowest BCUT2D eigenvalue weighted by atomic mass is 10.0. The van der Waals surface area contributed by atoms with Gasteiger partial charge in [-0.3, -0.25) is 4.90 Å². The molecule has 6 nitrogen and oxygen atoms in total. The van der Waals surface area contributed by atoms with Crippen molar-refractivity contribution in [1.29, 1.82) is 0 Å². The largest absolute Gasteiger partial charge is 0.369 e. The van der Waals surface area contributed by atoms with Crippen molar-refractivity contribution in [1.82, 2.24) is 25.1 Å². The van der Waals surface area contributed by atoms with Gasteiger partial charge in [0.25, 0.3) is 0 Å². The third kappa shape index (κ3) is 4.73. The summed E-state index contributed by atoms with van der Waals surface area (Å²) in [5, 5.41) is 15.0. The normalized spacial score (nSPS) is 16.4. The highest BCUT2D eigenvalue weighted by atomic mass is 32.1. The van der Waals surface area contributed by atoms with E-state index in [1.54, 1.807) is 11.3 Å². The molecule has 3 aromatic rings. The monoisotopic (exact) mass is 424 g/mol. The van der Waals surface area contributed by atoms with Gasteiger partial charge in [0, 0.05) is 36.7 Å². The minimum absolute atomic E-state index is 0.251. The number of rotatable bonds is 7. The number of tetrazole rings is 1. The Balaban J connectivity index is 1.51. The molecular formula is C23H32N6S. The van der Waals surface area contributed by atoms with Gasteiger partial charge in [-0.15, -0.1) is 16.4 Å². The predicted octanol–water partition coefficient (Wildman–Crippen LogP) is 4.31. The van der Waals surface area contributed by atoms with Crippen LogP contribution in [0.15, 0.2) is 35.7 Å². The van der Waals surface area contributed by atoms with Crippen molar-refractivity contribution in [3.63, 3.8) is 0 Å². The predicted molar refractivity (Wildman–Crippen MR) is 123 cm³/mol. The number of anilines is 1. The summed E-state index contributed by atoms with van der Waals surface area (Å²) < 4.78 is 2.00. The van der Waals surface area contributed by atoms with Crippen LogP contribution < -0.4 is 4.90 Å². The maximum Gasteiger partial charge on any atom is 0.168 e. The van der Waals surface area contributed by atoms with Crippen LogP contribution in [-0.2, 0) is 6.54 Å². The highest BCUT2D eigenvalue weighted by Gasteiger charge is 2.30. The Morgan fingerprint density at radius 3 is 2.57 bits per heavy atom. The van der Waals surface area contributed by atoms with E-state index in [1.807, 2.05) is 4.68 Å². The fourth-order valence-electron chi connectivity index (χ4n) is 4.31. The van der Waals surface area contributed by atoms with Crippen LogP contribution in [0.2, 0.25) is 0 Å². The number of benzene rings is 1. The SMILES string of the molecule is Cc1ccc(C)c(N2CCN(C(CC(C)C)c3nnnn3Cc3cccs3)CC2)c1. The van der Waals surface area contributed by atoms with Crippen LogP contribution in [0.3, 0.4) is 0 Å². The molecule has 4 rings (SSSR count). The first-order chi connectivity index (χ1) is 14.5. The number of hydrogen-bond donors (Lipinski definition) is 0. The van der Waals surface area contributed by atoms with Crippen LogP contribution in [0.25, 0.3) is 0 Å². The summed E-state index contributed by atoms with van der Waals surface area (Å²) in [4.78, 5) is 6.39. The molecule has 0 saturated carbocycles. The first-order valence-corrected chi connectivity index (χ1v) is 11.7. The molecule has 1 saturated heterocycles. The Bertz CT molecular complexity index is 941. The van der Waals surface area contributed by atoms with Gasteiger partial charge in [0.2, 0.25) is 0 Å². The van der Waals surface area contributed by atoms with Gasteiger partial charge in [-0.05, 0) is 65.3 Å². The molecule has 7 heteroatoms. The van der Waals surface area contributed by atoms with Gasteiger partial charge in [-0.1, -0.05) is 32.0 Å². The molecule has 1 atom stereocenters. The van der Waals surface area contributed by atoms with E-state index in [1.165, 1.54) is 21.7 Å².